The van der Waals surface area contributed by atoms with Crippen LogP contribution in [0.4, 0.5) is 4.79 Å². The van der Waals surface area contributed by atoms with E-state index in [1.165, 1.54) is 6.08 Å². The van der Waals surface area contributed by atoms with Crippen molar-refractivity contribution < 1.29 is 18.8 Å². The molecule has 8 heteroatoms. The number of halogens is 2. The van der Waals surface area contributed by atoms with Crippen molar-refractivity contribution in [2.45, 2.75) is 6.92 Å². The topological polar surface area (TPSA) is 67.6 Å². The highest BCUT2D eigenvalue weighted by Crippen LogP contribution is 2.34. The number of hydrogen-bond donors (Lipinski definition) is 0. The van der Waals surface area contributed by atoms with Crippen LogP contribution in [0.15, 0.2) is 68.4 Å². The van der Waals surface area contributed by atoms with Crippen LogP contribution in [0.1, 0.15) is 21.7 Å². The van der Waals surface area contributed by atoms with Gasteiger partial charge in [0.1, 0.15) is 11.5 Å². The van der Waals surface area contributed by atoms with E-state index in [2.05, 4.69) is 15.9 Å². The molecule has 156 valence electrons. The van der Waals surface area contributed by atoms with Crippen LogP contribution < -0.4 is 0 Å². The van der Waals surface area contributed by atoms with Crippen LogP contribution in [0, 0.1) is 6.92 Å². The first-order valence-corrected chi connectivity index (χ1v) is 11.2. The molecule has 0 saturated carbocycles. The summed E-state index contributed by atoms with van der Waals surface area (Å²) in [7, 11) is 0. The molecule has 1 aliphatic heterocycles. The molecule has 1 aromatic heterocycles. The van der Waals surface area contributed by atoms with Gasteiger partial charge in [0, 0.05) is 26.7 Å². The second-order valence-corrected chi connectivity index (χ2v) is 9.15. The normalized spacial score (nSPS) is 15.2. The molecule has 31 heavy (non-hydrogen) atoms. The third-order valence-corrected chi connectivity index (χ3v) is 6.73. The minimum atomic E-state index is -0.519. The van der Waals surface area contributed by atoms with E-state index in [0.29, 0.717) is 22.1 Å². The first-order valence-electron chi connectivity index (χ1n) is 9.22. The van der Waals surface area contributed by atoms with Gasteiger partial charge in [0.05, 0.1) is 11.4 Å². The van der Waals surface area contributed by atoms with Gasteiger partial charge in [-0.3, -0.25) is 19.3 Å². The summed E-state index contributed by atoms with van der Waals surface area (Å²) in [6, 6.07) is 15.7. The van der Waals surface area contributed by atoms with E-state index in [-0.39, 0.29) is 17.2 Å². The van der Waals surface area contributed by atoms with Crippen LogP contribution in [0.5, 0.6) is 0 Å². The summed E-state index contributed by atoms with van der Waals surface area (Å²) < 4.78 is 6.84. The number of carbonyl (C=O) groups is 3. The Labute approximate surface area is 196 Å². The molecule has 1 saturated heterocycles. The number of Topliss-reactive ketones (excluding diaryl/α,β-unsaturated/α-hetero) is 1. The summed E-state index contributed by atoms with van der Waals surface area (Å²) in [5, 5.41) is 0.00985. The van der Waals surface area contributed by atoms with Crippen molar-refractivity contribution in [1.82, 2.24) is 4.90 Å². The molecule has 3 aromatic rings. The zero-order valence-electron chi connectivity index (χ0n) is 16.2. The van der Waals surface area contributed by atoms with Gasteiger partial charge in [-0.1, -0.05) is 33.6 Å². The summed E-state index contributed by atoms with van der Waals surface area (Å²) >= 11 is 10.1. The lowest BCUT2D eigenvalue weighted by molar-refractivity contribution is -0.122. The van der Waals surface area contributed by atoms with Gasteiger partial charge >= 0.3 is 0 Å². The fourth-order valence-corrected chi connectivity index (χ4v) is 4.21. The monoisotopic (exact) mass is 515 g/mol. The second-order valence-electron chi connectivity index (χ2n) is 6.86. The predicted octanol–water partition coefficient (Wildman–Crippen LogP) is 6.59. The van der Waals surface area contributed by atoms with E-state index < -0.39 is 11.1 Å². The largest absolute Gasteiger partial charge is 0.457 e. The minimum absolute atomic E-state index is 0.210. The summed E-state index contributed by atoms with van der Waals surface area (Å²) in [5.41, 5.74) is 2.36. The smallest absolute Gasteiger partial charge is 0.293 e. The molecule has 1 aliphatic rings. The van der Waals surface area contributed by atoms with Crippen molar-refractivity contribution in [3.63, 3.8) is 0 Å². The number of benzene rings is 2. The Morgan fingerprint density at radius 2 is 1.87 bits per heavy atom. The highest BCUT2D eigenvalue weighted by atomic mass is 79.9. The first kappa shape index (κ1) is 21.6. The molecule has 0 N–H and O–H groups in total. The number of carbonyl (C=O) groups excluding carboxylic acids is 3. The molecule has 1 fully saturated rings. The highest BCUT2D eigenvalue weighted by molar-refractivity contribution is 9.10. The number of ketones is 1. The lowest BCUT2D eigenvalue weighted by Crippen LogP contribution is -2.33. The Kier molecular flexibility index (Phi) is 6.18. The van der Waals surface area contributed by atoms with Crippen molar-refractivity contribution in [1.29, 1.82) is 0 Å². The average Bonchev–Trinajstić information content (AvgIpc) is 3.31. The van der Waals surface area contributed by atoms with E-state index in [0.717, 1.165) is 32.3 Å². The van der Waals surface area contributed by atoms with E-state index in [4.69, 9.17) is 16.0 Å². The van der Waals surface area contributed by atoms with Gasteiger partial charge < -0.3 is 4.42 Å². The quantitative estimate of drug-likeness (QED) is 0.283. The van der Waals surface area contributed by atoms with Gasteiger partial charge in [0.25, 0.3) is 11.1 Å². The van der Waals surface area contributed by atoms with E-state index in [1.54, 1.807) is 30.3 Å². The molecule has 0 aliphatic carbocycles. The van der Waals surface area contributed by atoms with Crippen LogP contribution >= 0.6 is 39.3 Å². The lowest BCUT2D eigenvalue weighted by atomic mass is 10.1. The van der Waals surface area contributed by atoms with Gasteiger partial charge in [0.2, 0.25) is 0 Å². The molecule has 5 nitrogen and oxygen atoms in total. The summed E-state index contributed by atoms with van der Waals surface area (Å²) in [4.78, 5) is 38.6. The van der Waals surface area contributed by atoms with Crippen LogP contribution in [0.2, 0.25) is 5.02 Å². The van der Waals surface area contributed by atoms with Crippen molar-refractivity contribution in [3.05, 3.63) is 85.9 Å². The maximum absolute atomic E-state index is 12.7. The Hall–Kier alpha value is -2.61. The third-order valence-electron chi connectivity index (χ3n) is 4.68. The molecule has 0 spiro atoms. The van der Waals surface area contributed by atoms with Gasteiger partial charge in [-0.15, -0.1) is 0 Å². The maximum atomic E-state index is 12.7. The van der Waals surface area contributed by atoms with Crippen LogP contribution in [0.3, 0.4) is 0 Å². The average molecular weight is 517 g/mol. The van der Waals surface area contributed by atoms with Gasteiger partial charge in [-0.25, -0.2) is 0 Å². The SMILES string of the molecule is Cc1cc(-c2ccc(/C=C3\SC(=O)N(CC(=O)c4ccc(Cl)cc4)C3=O)o2)ccc1Br. The number of hydrogen-bond acceptors (Lipinski definition) is 5. The zero-order valence-corrected chi connectivity index (χ0v) is 19.4. The van der Waals surface area contributed by atoms with Crippen molar-refractivity contribution in [2.24, 2.45) is 0 Å². The predicted molar refractivity (Wildman–Crippen MR) is 125 cm³/mol. The Morgan fingerprint density at radius 1 is 1.13 bits per heavy atom. The standard InChI is InChI=1S/C23H15BrClNO4S/c1-13-10-15(4-8-18(13)24)20-9-7-17(30-20)11-21-22(28)26(23(29)31-21)12-19(27)14-2-5-16(25)6-3-14/h2-11H,12H2,1H3/b21-11-. The minimum Gasteiger partial charge on any atom is -0.457 e. The number of furan rings is 1. The summed E-state index contributed by atoms with van der Waals surface area (Å²) in [6.45, 7) is 1.66. The number of nitrogens with zero attached hydrogens (tertiary/aromatic N) is 1. The van der Waals surface area contributed by atoms with Crippen molar-refractivity contribution in [2.75, 3.05) is 6.54 Å². The molecule has 2 aromatic carbocycles. The van der Waals surface area contributed by atoms with E-state index in [9.17, 15) is 14.4 Å². The van der Waals surface area contributed by atoms with Crippen molar-refractivity contribution in [3.8, 4) is 11.3 Å². The molecule has 2 amide bonds. The fourth-order valence-electron chi connectivity index (χ4n) is 3.02. The number of imide groups is 1. The zero-order chi connectivity index (χ0) is 22.1. The molecular weight excluding hydrogens is 502 g/mol. The molecule has 0 atom stereocenters. The third kappa shape index (κ3) is 4.69. The van der Waals surface area contributed by atoms with E-state index >= 15 is 0 Å². The first-order chi connectivity index (χ1) is 14.8. The fraction of sp³-hybridized carbons (Fsp3) is 0.0870. The molecule has 2 heterocycles. The molecule has 0 bridgehead atoms. The Morgan fingerprint density at radius 3 is 2.58 bits per heavy atom. The Balaban J connectivity index is 1.50. The lowest BCUT2D eigenvalue weighted by Gasteiger charge is -2.11. The molecule has 0 radical (unpaired) electrons. The number of amides is 2. The number of aryl methyl sites for hydroxylation is 1. The highest BCUT2D eigenvalue weighted by Gasteiger charge is 2.36. The maximum Gasteiger partial charge on any atom is 0.293 e. The van der Waals surface area contributed by atoms with Crippen LogP contribution in [-0.2, 0) is 4.79 Å². The van der Waals surface area contributed by atoms with Crippen LogP contribution in [0.25, 0.3) is 17.4 Å². The van der Waals surface area contributed by atoms with Crippen molar-refractivity contribution >= 4 is 62.3 Å². The van der Waals surface area contributed by atoms with Gasteiger partial charge in [-0.05, 0) is 72.8 Å². The molecule has 0 unspecified atom stereocenters. The number of thioether (sulfide) groups is 1. The van der Waals surface area contributed by atoms with Gasteiger partial charge in [-0.2, -0.15) is 0 Å². The summed E-state index contributed by atoms with van der Waals surface area (Å²) in [5.74, 6) is 0.241. The van der Waals surface area contributed by atoms with Gasteiger partial charge in [0.15, 0.2) is 5.78 Å². The second kappa shape index (κ2) is 8.86. The number of rotatable bonds is 5. The van der Waals surface area contributed by atoms with Crippen LogP contribution in [-0.4, -0.2) is 28.4 Å². The molecular formula is C23H15BrClNO4S. The molecule has 4 rings (SSSR count). The Bertz CT molecular complexity index is 1230. The summed E-state index contributed by atoms with van der Waals surface area (Å²) in [6.07, 6.45) is 1.52. The van der Waals surface area contributed by atoms with E-state index in [1.807, 2.05) is 31.2 Å².